The molecule has 0 aliphatic carbocycles. The van der Waals surface area contributed by atoms with E-state index in [0.29, 0.717) is 0 Å². The highest BCUT2D eigenvalue weighted by atomic mass is 16.3. The molecule has 6 aromatic carbocycles. The van der Waals surface area contributed by atoms with Crippen molar-refractivity contribution in [2.24, 2.45) is 0 Å². The van der Waals surface area contributed by atoms with E-state index in [9.17, 15) is 0 Å². The van der Waals surface area contributed by atoms with Gasteiger partial charge in [-0.2, -0.15) is 0 Å². The Morgan fingerprint density at radius 2 is 1.03 bits per heavy atom. The Balaban J connectivity index is 1.35. The molecular formula is C35H22N2O. The van der Waals surface area contributed by atoms with E-state index in [2.05, 4.69) is 125 Å². The lowest BCUT2D eigenvalue weighted by molar-refractivity contribution is 0.669. The minimum Gasteiger partial charge on any atom is -0.456 e. The van der Waals surface area contributed by atoms with Crippen LogP contribution in [0.1, 0.15) is 0 Å². The van der Waals surface area contributed by atoms with Gasteiger partial charge in [0.05, 0.1) is 5.52 Å². The second kappa shape index (κ2) is 8.19. The van der Waals surface area contributed by atoms with Gasteiger partial charge in [0.25, 0.3) is 0 Å². The summed E-state index contributed by atoms with van der Waals surface area (Å²) in [6.45, 7) is 0. The lowest BCUT2D eigenvalue weighted by Crippen LogP contribution is -2.09. The van der Waals surface area contributed by atoms with Crippen molar-refractivity contribution in [3.63, 3.8) is 0 Å². The lowest BCUT2D eigenvalue weighted by Gasteiger charge is -2.26. The number of rotatable bonds is 3. The first-order chi connectivity index (χ1) is 18.8. The van der Waals surface area contributed by atoms with Crippen LogP contribution in [0.25, 0.3) is 54.4 Å². The number of nitrogens with zero attached hydrogens (tertiary/aromatic N) is 2. The van der Waals surface area contributed by atoms with Gasteiger partial charge in [0.15, 0.2) is 0 Å². The molecule has 0 aliphatic rings. The molecule has 2 aromatic heterocycles. The van der Waals surface area contributed by atoms with Gasteiger partial charge in [0.2, 0.25) is 0 Å². The van der Waals surface area contributed by atoms with Crippen molar-refractivity contribution in [3.8, 4) is 0 Å². The first kappa shape index (κ1) is 21.0. The van der Waals surface area contributed by atoms with Crippen LogP contribution in [0.15, 0.2) is 138 Å². The maximum absolute atomic E-state index is 6.40. The van der Waals surface area contributed by atoms with E-state index >= 15 is 0 Å². The molecule has 178 valence electrons. The maximum Gasteiger partial charge on any atom is 0.137 e. The summed E-state index contributed by atoms with van der Waals surface area (Å²) in [5.74, 6) is 0. The van der Waals surface area contributed by atoms with Crippen molar-refractivity contribution in [3.05, 3.63) is 134 Å². The van der Waals surface area contributed by atoms with Crippen LogP contribution in [0, 0.1) is 0 Å². The molecule has 3 nitrogen and oxygen atoms in total. The predicted octanol–water partition coefficient (Wildman–Crippen LogP) is 9.91. The van der Waals surface area contributed by atoms with Crippen LogP contribution in [0.2, 0.25) is 0 Å². The van der Waals surface area contributed by atoms with Gasteiger partial charge in [-0.3, -0.25) is 4.98 Å². The zero-order valence-electron chi connectivity index (χ0n) is 20.5. The molecule has 8 aromatic rings. The molecule has 0 aliphatic heterocycles. The van der Waals surface area contributed by atoms with Crippen LogP contribution in [0.5, 0.6) is 0 Å². The van der Waals surface area contributed by atoms with Gasteiger partial charge in [0, 0.05) is 51.6 Å². The number of hydrogen-bond donors (Lipinski definition) is 0. The predicted molar refractivity (Wildman–Crippen MR) is 159 cm³/mol. The first-order valence-corrected chi connectivity index (χ1v) is 12.8. The Morgan fingerprint density at radius 1 is 0.447 bits per heavy atom. The van der Waals surface area contributed by atoms with E-state index in [1.807, 2.05) is 18.3 Å². The van der Waals surface area contributed by atoms with E-state index < -0.39 is 0 Å². The van der Waals surface area contributed by atoms with Crippen LogP contribution in [0.3, 0.4) is 0 Å². The summed E-state index contributed by atoms with van der Waals surface area (Å²) >= 11 is 0. The van der Waals surface area contributed by atoms with Crippen LogP contribution >= 0.6 is 0 Å². The number of pyridine rings is 1. The summed E-state index contributed by atoms with van der Waals surface area (Å²) in [5.41, 5.74) is 5.90. The third kappa shape index (κ3) is 3.33. The summed E-state index contributed by atoms with van der Waals surface area (Å²) in [6.07, 6.45) is 1.82. The summed E-state index contributed by atoms with van der Waals surface area (Å²) in [6, 6.07) is 45.0. The van der Waals surface area contributed by atoms with Crippen LogP contribution < -0.4 is 4.90 Å². The number of hydrogen-bond acceptors (Lipinski definition) is 3. The number of anilines is 3. The molecule has 2 heterocycles. The first-order valence-electron chi connectivity index (χ1n) is 12.8. The topological polar surface area (TPSA) is 29.3 Å². The van der Waals surface area contributed by atoms with Gasteiger partial charge in [0.1, 0.15) is 11.2 Å². The molecule has 0 spiro atoms. The van der Waals surface area contributed by atoms with Crippen LogP contribution in [0.4, 0.5) is 17.1 Å². The van der Waals surface area contributed by atoms with Gasteiger partial charge in [-0.15, -0.1) is 0 Å². The molecule has 0 amide bonds. The molecule has 0 N–H and O–H groups in total. The van der Waals surface area contributed by atoms with E-state index in [-0.39, 0.29) is 0 Å². The number of aromatic nitrogens is 1. The molecular weight excluding hydrogens is 464 g/mol. The van der Waals surface area contributed by atoms with Crippen molar-refractivity contribution in [1.29, 1.82) is 0 Å². The summed E-state index contributed by atoms with van der Waals surface area (Å²) in [7, 11) is 0. The normalized spacial score (nSPS) is 11.7. The largest absolute Gasteiger partial charge is 0.456 e. The smallest absolute Gasteiger partial charge is 0.137 e. The molecule has 0 radical (unpaired) electrons. The second-order valence-corrected chi connectivity index (χ2v) is 9.73. The molecule has 3 heteroatoms. The fourth-order valence-corrected chi connectivity index (χ4v) is 5.55. The van der Waals surface area contributed by atoms with E-state index in [1.54, 1.807) is 0 Å². The quantitative estimate of drug-likeness (QED) is 0.249. The zero-order valence-corrected chi connectivity index (χ0v) is 20.5. The van der Waals surface area contributed by atoms with Gasteiger partial charge in [-0.05, 0) is 70.1 Å². The van der Waals surface area contributed by atoms with Gasteiger partial charge >= 0.3 is 0 Å². The highest BCUT2D eigenvalue weighted by Gasteiger charge is 2.17. The zero-order chi connectivity index (χ0) is 25.1. The Morgan fingerprint density at radius 3 is 1.74 bits per heavy atom. The van der Waals surface area contributed by atoms with Crippen LogP contribution in [-0.4, -0.2) is 4.98 Å². The fraction of sp³-hybridized carbons (Fsp3) is 0. The number of fused-ring (bicyclic) bond motifs is 6. The Labute approximate surface area is 219 Å². The summed E-state index contributed by atoms with van der Waals surface area (Å²) in [4.78, 5) is 6.82. The molecule has 0 atom stereocenters. The minimum atomic E-state index is 0.853. The van der Waals surface area contributed by atoms with E-state index in [4.69, 9.17) is 4.42 Å². The molecule has 0 saturated carbocycles. The van der Waals surface area contributed by atoms with Gasteiger partial charge < -0.3 is 9.32 Å². The molecule has 0 bridgehead atoms. The molecule has 0 fully saturated rings. The van der Waals surface area contributed by atoms with E-state index in [0.717, 1.165) is 49.9 Å². The fourth-order valence-electron chi connectivity index (χ4n) is 5.55. The monoisotopic (exact) mass is 486 g/mol. The van der Waals surface area contributed by atoms with Gasteiger partial charge in [-0.25, -0.2) is 0 Å². The Hall–Kier alpha value is -5.15. The number of furan rings is 1. The number of benzene rings is 6. The van der Waals surface area contributed by atoms with Crippen molar-refractivity contribution < 1.29 is 4.42 Å². The molecule has 0 unspecified atom stereocenters. The van der Waals surface area contributed by atoms with Crippen molar-refractivity contribution in [1.82, 2.24) is 4.98 Å². The average Bonchev–Trinajstić information content (AvgIpc) is 3.32. The van der Waals surface area contributed by atoms with Gasteiger partial charge in [-0.1, -0.05) is 66.7 Å². The third-order valence-corrected chi connectivity index (χ3v) is 7.42. The second-order valence-electron chi connectivity index (χ2n) is 9.73. The van der Waals surface area contributed by atoms with Crippen LogP contribution in [-0.2, 0) is 0 Å². The highest BCUT2D eigenvalue weighted by Crippen LogP contribution is 2.40. The maximum atomic E-state index is 6.40. The molecule has 8 rings (SSSR count). The van der Waals surface area contributed by atoms with Crippen molar-refractivity contribution in [2.45, 2.75) is 0 Å². The third-order valence-electron chi connectivity index (χ3n) is 7.42. The summed E-state index contributed by atoms with van der Waals surface area (Å²) in [5, 5.41) is 8.19. The Bertz CT molecular complexity index is 2080. The SMILES string of the molecule is c1ccc2cc(N(c3ccc4ccccc4c3)c3ccc4c(c3)oc3cc5ncccc5cc34)ccc2c1. The molecule has 0 saturated heterocycles. The van der Waals surface area contributed by atoms with E-state index in [1.165, 1.54) is 21.5 Å². The minimum absolute atomic E-state index is 0.853. The average molecular weight is 487 g/mol. The lowest BCUT2D eigenvalue weighted by atomic mass is 10.1. The Kier molecular flexibility index (Phi) is 4.52. The highest BCUT2D eigenvalue weighted by molar-refractivity contribution is 6.10. The summed E-state index contributed by atoms with van der Waals surface area (Å²) < 4.78 is 6.40. The van der Waals surface area contributed by atoms with Crippen molar-refractivity contribution >= 4 is 71.4 Å². The standard InChI is InChI=1S/C35H22N2O/c1-3-8-25-18-28(13-11-23(25)6-1)37(29-14-12-24-7-2-4-9-26(24)19-29)30-15-16-31-32-20-27-10-5-17-36-33(27)22-35(32)38-34(31)21-30/h1-22H. The molecule has 38 heavy (non-hydrogen) atoms. The van der Waals surface area contributed by atoms with Crippen molar-refractivity contribution in [2.75, 3.05) is 4.90 Å².